The predicted octanol–water partition coefficient (Wildman–Crippen LogP) is 3.59. The predicted molar refractivity (Wildman–Crippen MR) is 102 cm³/mol. The minimum atomic E-state index is 0.667. The summed E-state index contributed by atoms with van der Waals surface area (Å²) in [5, 5.41) is 0. The topological polar surface area (TPSA) is 15.7 Å². The van der Waals surface area contributed by atoms with Crippen molar-refractivity contribution in [3.63, 3.8) is 0 Å². The molecule has 0 spiro atoms. The van der Waals surface area contributed by atoms with Crippen LogP contribution in [0.3, 0.4) is 0 Å². The molecule has 4 rings (SSSR count). The minimum Gasteiger partial charge on any atom is -0.492 e. The molecular formula is C20H30N2OS. The molecule has 1 unspecified atom stereocenters. The Morgan fingerprint density at radius 3 is 2.71 bits per heavy atom. The average Bonchev–Trinajstić information content (AvgIpc) is 3.07. The van der Waals surface area contributed by atoms with Crippen molar-refractivity contribution < 1.29 is 4.74 Å². The molecule has 132 valence electrons. The Morgan fingerprint density at radius 1 is 1.04 bits per heavy atom. The van der Waals surface area contributed by atoms with Gasteiger partial charge in [0, 0.05) is 37.2 Å². The molecule has 2 heterocycles. The Balaban J connectivity index is 1.32. The molecule has 2 aliphatic heterocycles. The van der Waals surface area contributed by atoms with Gasteiger partial charge < -0.3 is 4.74 Å². The second-order valence-corrected chi connectivity index (χ2v) is 8.54. The first-order valence-electron chi connectivity index (χ1n) is 9.70. The lowest BCUT2D eigenvalue weighted by Gasteiger charge is -2.32. The van der Waals surface area contributed by atoms with Gasteiger partial charge in [-0.05, 0) is 62.0 Å². The molecule has 1 aromatic carbocycles. The molecule has 1 aliphatic carbocycles. The highest BCUT2D eigenvalue weighted by molar-refractivity contribution is 7.99. The third-order valence-electron chi connectivity index (χ3n) is 5.77. The monoisotopic (exact) mass is 346 g/mol. The maximum atomic E-state index is 6.05. The number of ether oxygens (including phenoxy) is 1. The van der Waals surface area contributed by atoms with E-state index in [0.29, 0.717) is 6.04 Å². The molecule has 2 saturated heterocycles. The van der Waals surface area contributed by atoms with Gasteiger partial charge in [0.2, 0.25) is 0 Å². The molecule has 2 fully saturated rings. The van der Waals surface area contributed by atoms with Crippen molar-refractivity contribution in [1.29, 1.82) is 0 Å². The Bertz CT molecular complexity index is 538. The number of benzene rings is 1. The minimum absolute atomic E-state index is 0.667. The zero-order valence-corrected chi connectivity index (χ0v) is 15.5. The summed E-state index contributed by atoms with van der Waals surface area (Å²) in [6, 6.07) is 7.52. The summed E-state index contributed by atoms with van der Waals surface area (Å²) in [6.07, 6.45) is 6.68. The first-order chi connectivity index (χ1) is 11.9. The Hall–Kier alpha value is -0.710. The summed E-state index contributed by atoms with van der Waals surface area (Å²) in [5.74, 6) is 3.62. The first-order valence-corrected chi connectivity index (χ1v) is 10.9. The van der Waals surface area contributed by atoms with Crippen LogP contribution in [0, 0.1) is 0 Å². The van der Waals surface area contributed by atoms with Crippen molar-refractivity contribution in [2.75, 3.05) is 50.8 Å². The molecule has 1 atom stereocenters. The zero-order chi connectivity index (χ0) is 16.2. The van der Waals surface area contributed by atoms with Crippen molar-refractivity contribution in [3.8, 4) is 5.75 Å². The number of likely N-dealkylation sites (tertiary alicyclic amines) is 1. The number of hydrogen-bond donors (Lipinski definition) is 0. The fourth-order valence-electron chi connectivity index (χ4n) is 4.39. The van der Waals surface area contributed by atoms with Gasteiger partial charge in [-0.1, -0.05) is 12.5 Å². The van der Waals surface area contributed by atoms with Crippen LogP contribution in [0.15, 0.2) is 18.2 Å². The van der Waals surface area contributed by atoms with Gasteiger partial charge >= 0.3 is 0 Å². The largest absolute Gasteiger partial charge is 0.492 e. The summed E-state index contributed by atoms with van der Waals surface area (Å²) in [4.78, 5) is 5.24. The number of thioether (sulfide) groups is 1. The van der Waals surface area contributed by atoms with Gasteiger partial charge in [0.1, 0.15) is 12.4 Å². The van der Waals surface area contributed by atoms with Gasteiger partial charge in [0.25, 0.3) is 0 Å². The summed E-state index contributed by atoms with van der Waals surface area (Å²) in [7, 11) is 0. The second kappa shape index (κ2) is 8.11. The summed E-state index contributed by atoms with van der Waals surface area (Å²) in [5.41, 5.74) is 3.09. The van der Waals surface area contributed by atoms with Crippen molar-refractivity contribution >= 4 is 11.8 Å². The van der Waals surface area contributed by atoms with E-state index >= 15 is 0 Å². The maximum Gasteiger partial charge on any atom is 0.119 e. The lowest BCUT2D eigenvalue weighted by Crippen LogP contribution is -2.35. The van der Waals surface area contributed by atoms with E-state index in [1.165, 1.54) is 75.4 Å². The molecule has 0 aromatic heterocycles. The van der Waals surface area contributed by atoms with Crippen molar-refractivity contribution in [1.82, 2.24) is 9.80 Å². The van der Waals surface area contributed by atoms with Gasteiger partial charge in [0.15, 0.2) is 0 Å². The van der Waals surface area contributed by atoms with Gasteiger partial charge in [-0.15, -0.1) is 0 Å². The van der Waals surface area contributed by atoms with E-state index in [0.717, 1.165) is 18.9 Å². The lowest BCUT2D eigenvalue weighted by atomic mass is 10.0. The molecule has 24 heavy (non-hydrogen) atoms. The standard InChI is InChI=1S/C20H30N2OS/c1-2-8-22(9-3-1)20-7-4-17-16-18(5-6-19(17)20)23-13-10-21-11-14-24-15-12-21/h5-6,16,20H,1-4,7-15H2. The van der Waals surface area contributed by atoms with Gasteiger partial charge in [-0.3, -0.25) is 9.80 Å². The van der Waals surface area contributed by atoms with Crippen LogP contribution < -0.4 is 4.74 Å². The molecule has 4 heteroatoms. The summed E-state index contributed by atoms with van der Waals surface area (Å²) in [6.45, 7) is 6.89. The SMILES string of the molecule is c1cc2c(cc1OCCN1CCSCC1)CCC2N1CCCCC1. The molecule has 0 saturated carbocycles. The van der Waals surface area contributed by atoms with E-state index in [1.807, 2.05) is 0 Å². The van der Waals surface area contributed by atoms with E-state index in [-0.39, 0.29) is 0 Å². The van der Waals surface area contributed by atoms with Gasteiger partial charge in [-0.25, -0.2) is 0 Å². The van der Waals surface area contributed by atoms with Crippen molar-refractivity contribution in [2.45, 2.75) is 38.1 Å². The van der Waals surface area contributed by atoms with Gasteiger partial charge in [0.05, 0.1) is 0 Å². The van der Waals surface area contributed by atoms with Crippen LogP contribution in [0.2, 0.25) is 0 Å². The quantitative estimate of drug-likeness (QED) is 0.809. The van der Waals surface area contributed by atoms with E-state index in [2.05, 4.69) is 39.8 Å². The number of nitrogens with zero attached hydrogens (tertiary/aromatic N) is 2. The van der Waals surface area contributed by atoms with Crippen molar-refractivity contribution in [2.24, 2.45) is 0 Å². The number of piperidine rings is 1. The molecular weight excluding hydrogens is 316 g/mol. The number of fused-ring (bicyclic) bond motifs is 1. The number of aryl methyl sites for hydroxylation is 1. The molecule has 3 aliphatic rings. The highest BCUT2D eigenvalue weighted by atomic mass is 32.2. The zero-order valence-electron chi connectivity index (χ0n) is 14.7. The molecule has 1 aromatic rings. The third kappa shape index (κ3) is 3.92. The number of rotatable bonds is 5. The summed E-state index contributed by atoms with van der Waals surface area (Å²) < 4.78 is 6.05. The smallest absolute Gasteiger partial charge is 0.119 e. The average molecular weight is 347 g/mol. The van der Waals surface area contributed by atoms with Crippen LogP contribution in [0.25, 0.3) is 0 Å². The molecule has 0 bridgehead atoms. The van der Waals surface area contributed by atoms with Crippen LogP contribution >= 0.6 is 11.8 Å². The molecule has 0 radical (unpaired) electrons. The number of hydrogen-bond acceptors (Lipinski definition) is 4. The Morgan fingerprint density at radius 2 is 1.88 bits per heavy atom. The summed E-state index contributed by atoms with van der Waals surface area (Å²) >= 11 is 2.07. The van der Waals surface area contributed by atoms with Gasteiger partial charge in [-0.2, -0.15) is 11.8 Å². The van der Waals surface area contributed by atoms with Crippen LogP contribution in [0.4, 0.5) is 0 Å². The van der Waals surface area contributed by atoms with E-state index in [1.54, 1.807) is 5.56 Å². The maximum absolute atomic E-state index is 6.05. The molecule has 0 N–H and O–H groups in total. The Labute approximate surface area is 150 Å². The van der Waals surface area contributed by atoms with Crippen LogP contribution in [0.5, 0.6) is 5.75 Å². The highest BCUT2D eigenvalue weighted by Gasteiger charge is 2.28. The normalized spacial score (nSPS) is 25.6. The molecule has 3 nitrogen and oxygen atoms in total. The fraction of sp³-hybridized carbons (Fsp3) is 0.700. The molecule has 0 amide bonds. The van der Waals surface area contributed by atoms with E-state index in [4.69, 9.17) is 4.74 Å². The highest BCUT2D eigenvalue weighted by Crippen LogP contribution is 2.38. The second-order valence-electron chi connectivity index (χ2n) is 7.31. The Kier molecular flexibility index (Phi) is 5.66. The van der Waals surface area contributed by atoms with Crippen LogP contribution in [-0.4, -0.2) is 60.6 Å². The van der Waals surface area contributed by atoms with Crippen LogP contribution in [0.1, 0.15) is 42.9 Å². The van der Waals surface area contributed by atoms with Crippen LogP contribution in [-0.2, 0) is 6.42 Å². The van der Waals surface area contributed by atoms with E-state index in [9.17, 15) is 0 Å². The first kappa shape index (κ1) is 16.7. The third-order valence-corrected chi connectivity index (χ3v) is 6.71. The van der Waals surface area contributed by atoms with E-state index < -0.39 is 0 Å². The lowest BCUT2D eigenvalue weighted by molar-refractivity contribution is 0.163. The fourth-order valence-corrected chi connectivity index (χ4v) is 5.37. The van der Waals surface area contributed by atoms with Crippen molar-refractivity contribution in [3.05, 3.63) is 29.3 Å².